The molecule has 0 fully saturated rings. The normalized spacial score (nSPS) is 10.9. The Labute approximate surface area is 107 Å². The number of rotatable bonds is 2. The fourth-order valence-electron chi connectivity index (χ4n) is 1.57. The van der Waals surface area contributed by atoms with Gasteiger partial charge in [0.2, 0.25) is 5.88 Å². The topological polar surface area (TPSA) is 46.0 Å². The molecular formula is C11H10BrClN2O. The van der Waals surface area contributed by atoms with Crippen LogP contribution in [0.25, 0.3) is 10.9 Å². The molecule has 0 spiro atoms. The molecule has 3 nitrogen and oxygen atoms in total. The second-order valence-electron chi connectivity index (χ2n) is 3.51. The summed E-state index contributed by atoms with van der Waals surface area (Å²) >= 11 is 9.51. The number of hydrogen-bond donors (Lipinski definition) is 1. The minimum atomic E-state index is -0.0701. The molecule has 0 aliphatic heterocycles. The van der Waals surface area contributed by atoms with Crippen molar-refractivity contribution in [3.8, 4) is 5.88 Å². The van der Waals surface area contributed by atoms with Crippen molar-refractivity contribution in [2.75, 3.05) is 0 Å². The van der Waals surface area contributed by atoms with E-state index >= 15 is 0 Å². The summed E-state index contributed by atoms with van der Waals surface area (Å²) in [4.78, 5) is 8.14. The van der Waals surface area contributed by atoms with Crippen LogP contribution in [0.3, 0.4) is 0 Å². The predicted molar refractivity (Wildman–Crippen MR) is 67.9 cm³/mol. The van der Waals surface area contributed by atoms with Gasteiger partial charge in [0.25, 0.3) is 0 Å². The van der Waals surface area contributed by atoms with Crippen LogP contribution in [-0.2, 0) is 6.42 Å². The summed E-state index contributed by atoms with van der Waals surface area (Å²) in [7, 11) is 0. The molecule has 0 bridgehead atoms. The van der Waals surface area contributed by atoms with E-state index < -0.39 is 0 Å². The summed E-state index contributed by atoms with van der Waals surface area (Å²) in [5.74, 6) is -0.0701. The van der Waals surface area contributed by atoms with E-state index in [9.17, 15) is 5.11 Å². The summed E-state index contributed by atoms with van der Waals surface area (Å²) in [6.45, 7) is 2.09. The monoisotopic (exact) mass is 300 g/mol. The Kier molecular flexibility index (Phi) is 3.30. The first-order valence-electron chi connectivity index (χ1n) is 4.95. The molecule has 0 atom stereocenters. The van der Waals surface area contributed by atoms with Crippen LogP contribution in [0, 0.1) is 0 Å². The van der Waals surface area contributed by atoms with Crippen molar-refractivity contribution >= 4 is 38.4 Å². The molecule has 0 aromatic carbocycles. The first kappa shape index (κ1) is 11.6. The molecule has 2 rings (SSSR count). The van der Waals surface area contributed by atoms with Crippen molar-refractivity contribution in [2.24, 2.45) is 0 Å². The molecule has 0 saturated carbocycles. The van der Waals surface area contributed by atoms with Crippen molar-refractivity contribution in [3.05, 3.63) is 27.5 Å². The van der Waals surface area contributed by atoms with Crippen molar-refractivity contribution in [1.29, 1.82) is 0 Å². The van der Waals surface area contributed by atoms with Gasteiger partial charge < -0.3 is 5.11 Å². The van der Waals surface area contributed by atoms with Gasteiger partial charge in [-0.3, -0.25) is 4.98 Å². The third-order valence-corrected chi connectivity index (χ3v) is 3.54. The summed E-state index contributed by atoms with van der Waals surface area (Å²) in [6.07, 6.45) is 5.20. The van der Waals surface area contributed by atoms with Gasteiger partial charge >= 0.3 is 0 Å². The highest BCUT2D eigenvalue weighted by Crippen LogP contribution is 2.33. The largest absolute Gasteiger partial charge is 0.492 e. The highest BCUT2D eigenvalue weighted by atomic mass is 79.9. The zero-order chi connectivity index (χ0) is 11.7. The fraction of sp³-hybridized carbons (Fsp3) is 0.273. The van der Waals surface area contributed by atoms with Crippen LogP contribution >= 0.6 is 27.5 Å². The van der Waals surface area contributed by atoms with Crippen molar-refractivity contribution in [3.63, 3.8) is 0 Å². The first-order chi connectivity index (χ1) is 7.65. The number of aromatic nitrogens is 2. The minimum absolute atomic E-state index is 0.0701. The van der Waals surface area contributed by atoms with Crippen LogP contribution in [0.1, 0.15) is 18.9 Å². The molecule has 0 aliphatic rings. The molecular weight excluding hydrogens is 291 g/mol. The van der Waals surface area contributed by atoms with Gasteiger partial charge in [-0.25, -0.2) is 4.98 Å². The maximum Gasteiger partial charge on any atom is 0.227 e. The zero-order valence-corrected chi connectivity index (χ0v) is 11.0. The van der Waals surface area contributed by atoms with E-state index in [0.29, 0.717) is 15.0 Å². The Morgan fingerprint density at radius 3 is 2.81 bits per heavy atom. The summed E-state index contributed by atoms with van der Waals surface area (Å²) in [6, 6.07) is 0. The van der Waals surface area contributed by atoms with Crippen LogP contribution < -0.4 is 0 Å². The molecule has 2 aromatic rings. The number of nitrogens with zero attached hydrogens (tertiary/aromatic N) is 2. The Bertz CT molecular complexity index is 545. The van der Waals surface area contributed by atoms with Gasteiger partial charge in [-0.2, -0.15) is 0 Å². The van der Waals surface area contributed by atoms with E-state index in [1.54, 1.807) is 12.4 Å². The Morgan fingerprint density at radius 1 is 1.38 bits per heavy atom. The van der Waals surface area contributed by atoms with Gasteiger partial charge in [0.1, 0.15) is 4.47 Å². The van der Waals surface area contributed by atoms with Crippen LogP contribution in [0.15, 0.2) is 16.9 Å². The lowest BCUT2D eigenvalue weighted by Gasteiger charge is -2.07. The summed E-state index contributed by atoms with van der Waals surface area (Å²) in [5.41, 5.74) is 1.65. The lowest BCUT2D eigenvalue weighted by Crippen LogP contribution is -1.91. The molecule has 2 aromatic heterocycles. The molecule has 0 aliphatic carbocycles. The molecule has 1 N–H and O–H groups in total. The average Bonchev–Trinajstić information content (AvgIpc) is 2.28. The molecule has 0 saturated heterocycles. The molecule has 0 radical (unpaired) electrons. The molecule has 84 valence electrons. The maximum atomic E-state index is 9.44. The molecule has 16 heavy (non-hydrogen) atoms. The molecule has 0 unspecified atom stereocenters. The van der Waals surface area contributed by atoms with Gasteiger partial charge in [0.15, 0.2) is 0 Å². The fourth-order valence-corrected chi connectivity index (χ4v) is 2.27. The third kappa shape index (κ3) is 1.87. The lowest BCUT2D eigenvalue weighted by atomic mass is 10.1. The lowest BCUT2D eigenvalue weighted by molar-refractivity contribution is 0.451. The van der Waals surface area contributed by atoms with Crippen LogP contribution in [0.5, 0.6) is 5.88 Å². The van der Waals surface area contributed by atoms with Crippen LogP contribution in [-0.4, -0.2) is 15.1 Å². The predicted octanol–water partition coefficient (Wildman–Crippen LogP) is 3.70. The summed E-state index contributed by atoms with van der Waals surface area (Å²) < 4.78 is 0.481. The highest BCUT2D eigenvalue weighted by Gasteiger charge is 2.11. The number of fused-ring (bicyclic) bond motifs is 1. The zero-order valence-electron chi connectivity index (χ0n) is 8.67. The minimum Gasteiger partial charge on any atom is -0.492 e. The third-order valence-electron chi connectivity index (χ3n) is 2.36. The summed E-state index contributed by atoms with van der Waals surface area (Å²) in [5, 5.41) is 10.9. The number of aromatic hydroxyl groups is 1. The van der Waals surface area contributed by atoms with E-state index in [0.717, 1.165) is 23.8 Å². The van der Waals surface area contributed by atoms with Crippen molar-refractivity contribution in [1.82, 2.24) is 9.97 Å². The van der Waals surface area contributed by atoms with Gasteiger partial charge in [0.05, 0.1) is 10.5 Å². The van der Waals surface area contributed by atoms with E-state index in [-0.39, 0.29) is 5.88 Å². The first-order valence-corrected chi connectivity index (χ1v) is 6.12. The standard InChI is InChI=1S/C11H10BrClN2O/c1-2-3-6-4-14-10-7(9(6)13)5-15-11(16)8(10)12/h4-5H,2-3H2,1H3,(H,15,16). The Morgan fingerprint density at radius 2 is 2.12 bits per heavy atom. The quantitative estimate of drug-likeness (QED) is 0.920. The van der Waals surface area contributed by atoms with Crippen molar-refractivity contribution < 1.29 is 5.11 Å². The van der Waals surface area contributed by atoms with Gasteiger partial charge in [-0.05, 0) is 27.9 Å². The number of aryl methyl sites for hydroxylation is 1. The van der Waals surface area contributed by atoms with Gasteiger partial charge in [0, 0.05) is 17.8 Å². The number of hydrogen-bond acceptors (Lipinski definition) is 3. The maximum absolute atomic E-state index is 9.44. The van der Waals surface area contributed by atoms with Crippen LogP contribution in [0.2, 0.25) is 5.02 Å². The molecule has 5 heteroatoms. The number of halogens is 2. The Balaban J connectivity index is 2.71. The van der Waals surface area contributed by atoms with E-state index in [1.165, 1.54) is 0 Å². The van der Waals surface area contributed by atoms with E-state index in [4.69, 9.17) is 11.6 Å². The molecule has 2 heterocycles. The highest BCUT2D eigenvalue weighted by molar-refractivity contribution is 9.10. The smallest absolute Gasteiger partial charge is 0.227 e. The second-order valence-corrected chi connectivity index (χ2v) is 4.68. The van der Waals surface area contributed by atoms with E-state index in [2.05, 4.69) is 32.8 Å². The second kappa shape index (κ2) is 4.55. The Hall–Kier alpha value is -0.870. The SMILES string of the molecule is CCCc1cnc2c(Br)c(O)ncc2c1Cl. The molecule has 0 amide bonds. The van der Waals surface area contributed by atoms with Crippen LogP contribution in [0.4, 0.5) is 0 Å². The van der Waals surface area contributed by atoms with Crippen molar-refractivity contribution in [2.45, 2.75) is 19.8 Å². The van der Waals surface area contributed by atoms with Gasteiger partial charge in [-0.15, -0.1) is 0 Å². The van der Waals surface area contributed by atoms with E-state index in [1.807, 2.05) is 0 Å². The average molecular weight is 302 g/mol. The van der Waals surface area contributed by atoms with Gasteiger partial charge in [-0.1, -0.05) is 24.9 Å². The number of pyridine rings is 2.